The normalized spacial score (nSPS) is 9.50. The minimum absolute atomic E-state index is 0.0297. The van der Waals surface area contributed by atoms with Crippen LogP contribution in [0.4, 0.5) is 0 Å². The number of nitrogens with zero attached hydrogens (tertiary/aromatic N) is 3. The van der Waals surface area contributed by atoms with E-state index >= 15 is 0 Å². The Morgan fingerprint density at radius 2 is 2.17 bits per heavy atom. The van der Waals surface area contributed by atoms with Crippen LogP contribution in [0.25, 0.3) is 0 Å². The van der Waals surface area contributed by atoms with E-state index in [1.165, 1.54) is 30.7 Å². The molecule has 2 aromatic rings. The van der Waals surface area contributed by atoms with E-state index in [2.05, 4.69) is 9.97 Å². The Labute approximate surface area is 102 Å². The Kier molecular flexibility index (Phi) is 3.16. The molecule has 6 heteroatoms. The Balaban J connectivity index is 2.26. The lowest BCUT2D eigenvalue weighted by Crippen LogP contribution is -1.97. The van der Waals surface area contributed by atoms with Crippen molar-refractivity contribution >= 4 is 5.97 Å². The minimum Gasteiger partial charge on any atom is -0.478 e. The number of carbonyl (C=O) groups is 1. The van der Waals surface area contributed by atoms with Crippen molar-refractivity contribution in [3.63, 3.8) is 0 Å². The van der Waals surface area contributed by atoms with E-state index in [-0.39, 0.29) is 17.0 Å². The lowest BCUT2D eigenvalue weighted by molar-refractivity contribution is 0.0696. The summed E-state index contributed by atoms with van der Waals surface area (Å²) in [5, 5.41) is 17.5. The highest BCUT2D eigenvalue weighted by molar-refractivity contribution is 5.87. The molecule has 0 aromatic carbocycles. The molecular weight excluding hydrogens is 234 g/mol. The van der Waals surface area contributed by atoms with Gasteiger partial charge < -0.3 is 9.84 Å². The maximum absolute atomic E-state index is 10.8. The van der Waals surface area contributed by atoms with E-state index in [9.17, 15) is 4.79 Å². The summed E-state index contributed by atoms with van der Waals surface area (Å²) in [5.41, 5.74) is 0.247. The molecule has 1 N–H and O–H groups in total. The van der Waals surface area contributed by atoms with E-state index in [1.807, 2.05) is 6.07 Å². The van der Waals surface area contributed by atoms with Crippen molar-refractivity contribution < 1.29 is 14.6 Å². The van der Waals surface area contributed by atoms with Gasteiger partial charge >= 0.3 is 5.97 Å². The number of ether oxygens (including phenoxy) is 1. The fraction of sp³-hybridized carbons (Fsp3) is 0. The van der Waals surface area contributed by atoms with Gasteiger partial charge in [-0.05, 0) is 12.1 Å². The van der Waals surface area contributed by atoms with Crippen LogP contribution in [0, 0.1) is 11.3 Å². The second-order valence-electron chi connectivity index (χ2n) is 3.31. The van der Waals surface area contributed by atoms with Gasteiger partial charge in [0.25, 0.3) is 0 Å². The zero-order valence-corrected chi connectivity index (χ0v) is 9.07. The molecular formula is C12H7N3O3. The molecule has 0 aliphatic carbocycles. The van der Waals surface area contributed by atoms with Gasteiger partial charge in [0.05, 0.1) is 11.8 Å². The van der Waals surface area contributed by atoms with Crippen molar-refractivity contribution in [2.75, 3.05) is 0 Å². The van der Waals surface area contributed by atoms with Gasteiger partial charge in [-0.15, -0.1) is 0 Å². The topological polar surface area (TPSA) is 96.1 Å². The number of nitriles is 1. The summed E-state index contributed by atoms with van der Waals surface area (Å²) in [6, 6.07) is 6.25. The number of rotatable bonds is 3. The van der Waals surface area contributed by atoms with Gasteiger partial charge in [-0.25, -0.2) is 9.78 Å². The number of carboxylic acid groups (broad SMARTS) is 1. The lowest BCUT2D eigenvalue weighted by Gasteiger charge is -2.05. The molecule has 0 atom stereocenters. The largest absolute Gasteiger partial charge is 0.478 e. The smallest absolute Gasteiger partial charge is 0.337 e. The lowest BCUT2D eigenvalue weighted by atomic mass is 10.3. The van der Waals surface area contributed by atoms with E-state index in [1.54, 1.807) is 6.07 Å². The van der Waals surface area contributed by atoms with Crippen molar-refractivity contribution in [1.82, 2.24) is 9.97 Å². The van der Waals surface area contributed by atoms with Crippen molar-refractivity contribution in [2.45, 2.75) is 0 Å². The SMILES string of the molecule is N#Cc1cc(Oc2cncc(C(=O)O)c2)ccn1. The quantitative estimate of drug-likeness (QED) is 0.880. The number of hydrogen-bond donors (Lipinski definition) is 1. The third kappa shape index (κ3) is 2.59. The Morgan fingerprint density at radius 3 is 2.89 bits per heavy atom. The first-order valence-electron chi connectivity index (χ1n) is 4.91. The highest BCUT2D eigenvalue weighted by Gasteiger charge is 2.06. The monoisotopic (exact) mass is 241 g/mol. The fourth-order valence-corrected chi connectivity index (χ4v) is 1.26. The van der Waals surface area contributed by atoms with Crippen LogP contribution in [0.3, 0.4) is 0 Å². The van der Waals surface area contributed by atoms with Crippen LogP contribution in [0.15, 0.2) is 36.8 Å². The van der Waals surface area contributed by atoms with Crippen LogP contribution in [0.2, 0.25) is 0 Å². The first-order chi connectivity index (χ1) is 8.69. The summed E-state index contributed by atoms with van der Waals surface area (Å²) in [6.45, 7) is 0. The van der Waals surface area contributed by atoms with Crippen LogP contribution in [-0.2, 0) is 0 Å². The highest BCUT2D eigenvalue weighted by atomic mass is 16.5. The first-order valence-corrected chi connectivity index (χ1v) is 4.91. The third-order valence-electron chi connectivity index (χ3n) is 2.04. The zero-order valence-electron chi connectivity index (χ0n) is 9.07. The summed E-state index contributed by atoms with van der Waals surface area (Å²) in [4.78, 5) is 18.3. The minimum atomic E-state index is -1.08. The number of pyridine rings is 2. The first kappa shape index (κ1) is 11.5. The molecule has 0 bridgehead atoms. The van der Waals surface area contributed by atoms with Gasteiger partial charge in [0.1, 0.15) is 23.3 Å². The average Bonchev–Trinajstić information content (AvgIpc) is 2.39. The number of aromatic nitrogens is 2. The summed E-state index contributed by atoms with van der Waals surface area (Å²) in [6.07, 6.45) is 4.05. The van der Waals surface area contributed by atoms with Crippen LogP contribution in [0.1, 0.15) is 16.1 Å². The average molecular weight is 241 g/mol. The van der Waals surface area contributed by atoms with Crippen molar-refractivity contribution in [3.8, 4) is 17.6 Å². The van der Waals surface area contributed by atoms with E-state index in [4.69, 9.17) is 15.1 Å². The van der Waals surface area contributed by atoms with E-state index < -0.39 is 5.97 Å². The molecule has 0 radical (unpaired) electrons. The van der Waals surface area contributed by atoms with Crippen LogP contribution >= 0.6 is 0 Å². The molecule has 0 aliphatic heterocycles. The summed E-state index contributed by atoms with van der Waals surface area (Å²) >= 11 is 0. The second kappa shape index (κ2) is 4.93. The Hall–Kier alpha value is -2.94. The standard InChI is InChI=1S/C12H7N3O3/c13-5-9-4-10(1-2-15-9)18-11-3-8(12(16)17)6-14-7-11/h1-4,6-7H,(H,16,17). The predicted octanol–water partition coefficient (Wildman–Crippen LogP) is 1.84. The van der Waals surface area contributed by atoms with Gasteiger partial charge in [0.15, 0.2) is 0 Å². The van der Waals surface area contributed by atoms with Gasteiger partial charge in [0.2, 0.25) is 0 Å². The molecule has 0 aliphatic rings. The third-order valence-corrected chi connectivity index (χ3v) is 2.04. The fourth-order valence-electron chi connectivity index (χ4n) is 1.26. The molecule has 0 amide bonds. The molecule has 0 fully saturated rings. The number of aromatic carboxylic acids is 1. The Bertz CT molecular complexity index is 634. The van der Waals surface area contributed by atoms with Crippen LogP contribution < -0.4 is 4.74 Å². The van der Waals surface area contributed by atoms with Crippen molar-refractivity contribution in [3.05, 3.63) is 48.0 Å². The van der Waals surface area contributed by atoms with Crippen LogP contribution in [0.5, 0.6) is 11.5 Å². The van der Waals surface area contributed by atoms with Gasteiger partial charge in [-0.2, -0.15) is 5.26 Å². The van der Waals surface area contributed by atoms with Crippen molar-refractivity contribution in [1.29, 1.82) is 5.26 Å². The maximum Gasteiger partial charge on any atom is 0.337 e. The van der Waals surface area contributed by atoms with Crippen LogP contribution in [-0.4, -0.2) is 21.0 Å². The molecule has 0 spiro atoms. The van der Waals surface area contributed by atoms with E-state index in [0.29, 0.717) is 5.75 Å². The molecule has 0 saturated heterocycles. The highest BCUT2D eigenvalue weighted by Crippen LogP contribution is 2.21. The molecule has 2 heterocycles. The molecule has 6 nitrogen and oxygen atoms in total. The molecule has 2 aromatic heterocycles. The molecule has 88 valence electrons. The number of hydrogen-bond acceptors (Lipinski definition) is 5. The number of carboxylic acids is 1. The summed E-state index contributed by atoms with van der Waals surface area (Å²) in [5.74, 6) is -0.406. The molecule has 18 heavy (non-hydrogen) atoms. The Morgan fingerprint density at radius 1 is 1.33 bits per heavy atom. The molecule has 2 rings (SSSR count). The van der Waals surface area contributed by atoms with E-state index in [0.717, 1.165) is 0 Å². The molecule has 0 saturated carbocycles. The summed E-state index contributed by atoms with van der Waals surface area (Å²) in [7, 11) is 0. The van der Waals surface area contributed by atoms with Crippen molar-refractivity contribution in [2.24, 2.45) is 0 Å². The second-order valence-corrected chi connectivity index (χ2v) is 3.31. The van der Waals surface area contributed by atoms with Gasteiger partial charge in [0, 0.05) is 18.5 Å². The van der Waals surface area contributed by atoms with Gasteiger partial charge in [-0.1, -0.05) is 0 Å². The maximum atomic E-state index is 10.8. The summed E-state index contributed by atoms with van der Waals surface area (Å²) < 4.78 is 5.39. The van der Waals surface area contributed by atoms with Gasteiger partial charge in [-0.3, -0.25) is 4.98 Å². The zero-order chi connectivity index (χ0) is 13.0. The predicted molar refractivity (Wildman–Crippen MR) is 60.2 cm³/mol. The molecule has 0 unspecified atom stereocenters.